The molecule has 1 fully saturated rings. The predicted molar refractivity (Wildman–Crippen MR) is 71.7 cm³/mol. The van der Waals surface area contributed by atoms with Gasteiger partial charge >= 0.3 is 6.09 Å². The zero-order chi connectivity index (χ0) is 13.3. The summed E-state index contributed by atoms with van der Waals surface area (Å²) in [6.07, 6.45) is -0.381. The number of cyclic esters (lactones) is 1. The van der Waals surface area contributed by atoms with E-state index in [1.165, 1.54) is 0 Å². The van der Waals surface area contributed by atoms with Crippen LogP contribution in [0, 0.1) is 5.41 Å². The number of halogens is 1. The molecule has 1 amide bonds. The Morgan fingerprint density at radius 2 is 2.22 bits per heavy atom. The van der Waals surface area contributed by atoms with Crippen molar-refractivity contribution in [3.8, 4) is 5.75 Å². The smallest absolute Gasteiger partial charge is 0.407 e. The Morgan fingerprint density at radius 3 is 2.89 bits per heavy atom. The molecule has 0 unspecified atom stereocenters. The second-order valence-corrected chi connectivity index (χ2v) is 5.88. The monoisotopic (exact) mass is 313 g/mol. The van der Waals surface area contributed by atoms with Crippen molar-refractivity contribution in [3.05, 3.63) is 28.2 Å². The number of carbonyl (C=O) groups excluding carboxylic acids is 1. The number of hydrogen-bond donors (Lipinski definition) is 1. The molecule has 0 spiro atoms. The minimum absolute atomic E-state index is 0.108. The molecule has 5 heteroatoms. The highest BCUT2D eigenvalue weighted by molar-refractivity contribution is 9.10. The predicted octanol–water partition coefficient (Wildman–Crippen LogP) is 3.26. The molecule has 0 radical (unpaired) electrons. The van der Waals surface area contributed by atoms with E-state index in [-0.39, 0.29) is 17.6 Å². The molecular weight excluding hydrogens is 298 g/mol. The average Bonchev–Trinajstić information content (AvgIpc) is 2.33. The molecule has 1 N–H and O–H groups in total. The molecule has 1 aromatic carbocycles. The molecule has 1 aliphatic rings. The fourth-order valence-electron chi connectivity index (χ4n) is 2.06. The summed E-state index contributed by atoms with van der Waals surface area (Å²) in [6, 6.07) is 5.62. The molecular formula is C13H16BrNO3. The SMILES string of the molecule is COc1ccc(Br)c([C@H]2NC(=O)OCC2(C)C)c1. The third kappa shape index (κ3) is 2.46. The van der Waals surface area contributed by atoms with Crippen molar-refractivity contribution in [1.82, 2.24) is 5.32 Å². The minimum atomic E-state index is -0.381. The van der Waals surface area contributed by atoms with Crippen LogP contribution in [0.1, 0.15) is 25.5 Å². The maximum atomic E-state index is 11.4. The van der Waals surface area contributed by atoms with Crippen molar-refractivity contribution in [3.63, 3.8) is 0 Å². The molecule has 0 aliphatic carbocycles. The van der Waals surface area contributed by atoms with E-state index in [2.05, 4.69) is 35.1 Å². The van der Waals surface area contributed by atoms with E-state index in [1.807, 2.05) is 18.2 Å². The van der Waals surface area contributed by atoms with Gasteiger partial charge in [-0.25, -0.2) is 4.79 Å². The van der Waals surface area contributed by atoms with Gasteiger partial charge in [0, 0.05) is 9.89 Å². The van der Waals surface area contributed by atoms with Crippen molar-refractivity contribution in [2.45, 2.75) is 19.9 Å². The summed E-state index contributed by atoms with van der Waals surface area (Å²) in [5.41, 5.74) is 0.819. The van der Waals surface area contributed by atoms with Crippen LogP contribution in [0.15, 0.2) is 22.7 Å². The van der Waals surface area contributed by atoms with Gasteiger partial charge in [0.1, 0.15) is 12.4 Å². The Labute approximate surface area is 115 Å². The highest BCUT2D eigenvalue weighted by Gasteiger charge is 2.38. The maximum Gasteiger partial charge on any atom is 0.407 e. The van der Waals surface area contributed by atoms with Gasteiger partial charge in [-0.1, -0.05) is 29.8 Å². The molecule has 0 bridgehead atoms. The molecule has 4 nitrogen and oxygen atoms in total. The number of ether oxygens (including phenoxy) is 2. The summed E-state index contributed by atoms with van der Waals surface area (Å²) in [6.45, 7) is 4.51. The summed E-state index contributed by atoms with van der Waals surface area (Å²) in [5.74, 6) is 0.768. The number of nitrogens with one attached hydrogen (secondary N) is 1. The number of alkyl carbamates (subject to hydrolysis) is 1. The topological polar surface area (TPSA) is 47.6 Å². The summed E-state index contributed by atoms with van der Waals surface area (Å²) in [7, 11) is 1.63. The number of carbonyl (C=O) groups is 1. The van der Waals surface area contributed by atoms with Crippen LogP contribution in [0.2, 0.25) is 0 Å². The number of hydrogen-bond acceptors (Lipinski definition) is 3. The molecule has 0 saturated carbocycles. The molecule has 1 atom stereocenters. The van der Waals surface area contributed by atoms with E-state index in [0.717, 1.165) is 15.8 Å². The van der Waals surface area contributed by atoms with Gasteiger partial charge < -0.3 is 14.8 Å². The Bertz CT molecular complexity index is 473. The highest BCUT2D eigenvalue weighted by atomic mass is 79.9. The van der Waals surface area contributed by atoms with Crippen molar-refractivity contribution in [1.29, 1.82) is 0 Å². The minimum Gasteiger partial charge on any atom is -0.497 e. The van der Waals surface area contributed by atoms with Crippen LogP contribution in [0.4, 0.5) is 4.79 Å². The quantitative estimate of drug-likeness (QED) is 0.911. The standard InChI is InChI=1S/C13H16BrNO3/c1-13(2)7-18-12(16)15-11(13)9-6-8(17-3)4-5-10(9)14/h4-6,11H,7H2,1-3H3,(H,15,16)/t11-/m1/s1. The second-order valence-electron chi connectivity index (χ2n) is 5.03. The lowest BCUT2D eigenvalue weighted by atomic mass is 9.80. The van der Waals surface area contributed by atoms with Crippen molar-refractivity contribution >= 4 is 22.0 Å². The zero-order valence-corrected chi connectivity index (χ0v) is 12.2. The van der Waals surface area contributed by atoms with Gasteiger partial charge in [-0.05, 0) is 23.8 Å². The van der Waals surface area contributed by atoms with E-state index in [9.17, 15) is 4.79 Å². The van der Waals surface area contributed by atoms with Crippen molar-refractivity contribution < 1.29 is 14.3 Å². The van der Waals surface area contributed by atoms with E-state index >= 15 is 0 Å². The van der Waals surface area contributed by atoms with E-state index < -0.39 is 0 Å². The van der Waals surface area contributed by atoms with Crippen LogP contribution in [0.5, 0.6) is 5.75 Å². The highest BCUT2D eigenvalue weighted by Crippen LogP contribution is 2.40. The molecule has 1 heterocycles. The molecule has 0 aromatic heterocycles. The summed E-state index contributed by atoms with van der Waals surface area (Å²) < 4.78 is 11.2. The van der Waals surface area contributed by atoms with Crippen LogP contribution < -0.4 is 10.1 Å². The first kappa shape index (κ1) is 13.2. The van der Waals surface area contributed by atoms with Gasteiger partial charge in [0.05, 0.1) is 13.2 Å². The first-order valence-corrected chi connectivity index (χ1v) is 6.50. The zero-order valence-electron chi connectivity index (χ0n) is 10.6. The second kappa shape index (κ2) is 4.80. The largest absolute Gasteiger partial charge is 0.497 e. The van der Waals surface area contributed by atoms with Crippen molar-refractivity contribution in [2.75, 3.05) is 13.7 Å². The molecule has 2 rings (SSSR count). The van der Waals surface area contributed by atoms with E-state index in [4.69, 9.17) is 9.47 Å². The van der Waals surface area contributed by atoms with Gasteiger partial charge in [-0.15, -0.1) is 0 Å². The van der Waals surface area contributed by atoms with Crippen LogP contribution in [-0.2, 0) is 4.74 Å². The number of rotatable bonds is 2. The average molecular weight is 314 g/mol. The molecule has 1 aromatic rings. The van der Waals surface area contributed by atoms with Gasteiger partial charge in [0.25, 0.3) is 0 Å². The number of amides is 1. The lowest BCUT2D eigenvalue weighted by Crippen LogP contribution is -2.47. The number of methoxy groups -OCH3 is 1. The fourth-order valence-corrected chi connectivity index (χ4v) is 2.53. The van der Waals surface area contributed by atoms with E-state index in [1.54, 1.807) is 7.11 Å². The van der Waals surface area contributed by atoms with E-state index in [0.29, 0.717) is 6.61 Å². The van der Waals surface area contributed by atoms with Gasteiger partial charge in [0.2, 0.25) is 0 Å². The molecule has 98 valence electrons. The first-order chi connectivity index (χ1) is 8.44. The third-order valence-electron chi connectivity index (χ3n) is 3.13. The lowest BCUT2D eigenvalue weighted by molar-refractivity contribution is 0.0385. The summed E-state index contributed by atoms with van der Waals surface area (Å²) in [5, 5.41) is 2.87. The van der Waals surface area contributed by atoms with Gasteiger partial charge in [0.15, 0.2) is 0 Å². The fraction of sp³-hybridized carbons (Fsp3) is 0.462. The lowest BCUT2D eigenvalue weighted by Gasteiger charge is -2.39. The van der Waals surface area contributed by atoms with Gasteiger partial charge in [-0.2, -0.15) is 0 Å². The van der Waals surface area contributed by atoms with Gasteiger partial charge in [-0.3, -0.25) is 0 Å². The van der Waals surface area contributed by atoms with Crippen LogP contribution in [0.3, 0.4) is 0 Å². The summed E-state index contributed by atoms with van der Waals surface area (Å²) in [4.78, 5) is 11.4. The van der Waals surface area contributed by atoms with Crippen molar-refractivity contribution in [2.24, 2.45) is 5.41 Å². The normalized spacial score (nSPS) is 22.0. The Kier molecular flexibility index (Phi) is 3.52. The molecule has 1 saturated heterocycles. The third-order valence-corrected chi connectivity index (χ3v) is 3.86. The number of benzene rings is 1. The Morgan fingerprint density at radius 1 is 1.50 bits per heavy atom. The van der Waals surface area contributed by atoms with Crippen LogP contribution in [0.25, 0.3) is 0 Å². The van der Waals surface area contributed by atoms with Crippen LogP contribution in [-0.4, -0.2) is 19.8 Å². The molecule has 18 heavy (non-hydrogen) atoms. The Balaban J connectivity index is 2.42. The molecule has 1 aliphatic heterocycles. The first-order valence-electron chi connectivity index (χ1n) is 5.71. The Hall–Kier alpha value is -1.23. The maximum absolute atomic E-state index is 11.4. The van der Waals surface area contributed by atoms with Crippen LogP contribution >= 0.6 is 15.9 Å². The summed E-state index contributed by atoms with van der Waals surface area (Å²) >= 11 is 3.52.